The molecule has 0 saturated carbocycles. The molecule has 0 amide bonds. The summed E-state index contributed by atoms with van der Waals surface area (Å²) in [6.07, 6.45) is 0. The Morgan fingerprint density at radius 1 is 0.338 bits per heavy atom. The summed E-state index contributed by atoms with van der Waals surface area (Å²) in [5.41, 5.74) is 19.1. The first-order valence-corrected chi connectivity index (χ1v) is 23.4. The van der Waals surface area contributed by atoms with Crippen LogP contribution in [0.1, 0.15) is 45.9 Å². The SMILES string of the molecule is CC1(c2ccccc2)c2ccccc2-c2ccc(N(c3cccc(-c4cccc5sc6ccccc6c45)c3)c3ccc4c(c3)C(c3ccccc3)(c3ccccc3)c3ccccc3-4)cc21. The maximum absolute atomic E-state index is 2.51. The lowest BCUT2D eigenvalue weighted by molar-refractivity contribution is 0.714. The third-order valence-corrected chi connectivity index (χ3v) is 15.6. The van der Waals surface area contributed by atoms with Crippen molar-refractivity contribution >= 4 is 48.6 Å². The fraction of sp³-hybridized carbons (Fsp3) is 0.0476. The van der Waals surface area contributed by atoms with Gasteiger partial charge in [-0.05, 0) is 128 Å². The molecule has 13 rings (SSSR count). The van der Waals surface area contributed by atoms with Crippen molar-refractivity contribution in [1.82, 2.24) is 0 Å². The second kappa shape index (κ2) is 14.6. The van der Waals surface area contributed by atoms with Crippen molar-refractivity contribution in [1.29, 1.82) is 0 Å². The van der Waals surface area contributed by atoms with Gasteiger partial charge in [-0.25, -0.2) is 0 Å². The summed E-state index contributed by atoms with van der Waals surface area (Å²) < 4.78 is 2.62. The third kappa shape index (κ3) is 5.51. The first-order valence-electron chi connectivity index (χ1n) is 22.6. The Morgan fingerprint density at radius 3 is 1.54 bits per heavy atom. The highest BCUT2D eigenvalue weighted by Gasteiger charge is 2.46. The van der Waals surface area contributed by atoms with Gasteiger partial charge in [-0.2, -0.15) is 0 Å². The molecule has 10 aromatic carbocycles. The number of benzene rings is 10. The molecule has 306 valence electrons. The summed E-state index contributed by atoms with van der Waals surface area (Å²) in [5, 5.41) is 2.62. The van der Waals surface area contributed by atoms with E-state index < -0.39 is 5.41 Å². The van der Waals surface area contributed by atoms with Crippen LogP contribution in [0, 0.1) is 0 Å². The van der Waals surface area contributed by atoms with Gasteiger partial charge in [0.15, 0.2) is 0 Å². The maximum Gasteiger partial charge on any atom is 0.0714 e. The molecule has 65 heavy (non-hydrogen) atoms. The first kappa shape index (κ1) is 37.7. The van der Waals surface area contributed by atoms with Gasteiger partial charge in [-0.1, -0.05) is 194 Å². The number of hydrogen-bond donors (Lipinski definition) is 0. The summed E-state index contributed by atoms with van der Waals surface area (Å²) in [6.45, 7) is 2.41. The van der Waals surface area contributed by atoms with E-state index in [9.17, 15) is 0 Å². The van der Waals surface area contributed by atoms with Gasteiger partial charge in [0.1, 0.15) is 0 Å². The van der Waals surface area contributed by atoms with Gasteiger partial charge in [0, 0.05) is 42.6 Å². The van der Waals surface area contributed by atoms with Crippen molar-refractivity contribution in [3.05, 3.63) is 282 Å². The van der Waals surface area contributed by atoms with Crippen molar-refractivity contribution in [2.75, 3.05) is 4.90 Å². The number of fused-ring (bicyclic) bond motifs is 9. The molecule has 11 aromatic rings. The van der Waals surface area contributed by atoms with E-state index in [-0.39, 0.29) is 5.41 Å². The Kier molecular flexibility index (Phi) is 8.50. The number of hydrogen-bond acceptors (Lipinski definition) is 2. The van der Waals surface area contributed by atoms with Crippen LogP contribution in [0.5, 0.6) is 0 Å². The largest absolute Gasteiger partial charge is 0.310 e. The molecule has 2 aliphatic rings. The quantitative estimate of drug-likeness (QED) is 0.154. The van der Waals surface area contributed by atoms with E-state index in [0.717, 1.165) is 17.1 Å². The molecule has 0 bridgehead atoms. The highest BCUT2D eigenvalue weighted by molar-refractivity contribution is 7.25. The van der Waals surface area contributed by atoms with E-state index in [4.69, 9.17) is 0 Å². The zero-order valence-electron chi connectivity index (χ0n) is 35.9. The van der Waals surface area contributed by atoms with Crippen molar-refractivity contribution in [3.8, 4) is 33.4 Å². The monoisotopic (exact) mass is 845 g/mol. The smallest absolute Gasteiger partial charge is 0.0714 e. The van der Waals surface area contributed by atoms with Crippen LogP contribution in [-0.4, -0.2) is 0 Å². The highest BCUT2D eigenvalue weighted by atomic mass is 32.1. The van der Waals surface area contributed by atoms with Gasteiger partial charge in [0.2, 0.25) is 0 Å². The van der Waals surface area contributed by atoms with Crippen LogP contribution in [0.4, 0.5) is 17.1 Å². The van der Waals surface area contributed by atoms with Gasteiger partial charge in [0.05, 0.1) is 5.41 Å². The lowest BCUT2D eigenvalue weighted by Gasteiger charge is -2.35. The topological polar surface area (TPSA) is 3.24 Å². The summed E-state index contributed by atoms with van der Waals surface area (Å²) >= 11 is 1.87. The molecule has 0 spiro atoms. The van der Waals surface area contributed by atoms with Crippen LogP contribution in [0.25, 0.3) is 53.6 Å². The van der Waals surface area contributed by atoms with E-state index in [1.54, 1.807) is 0 Å². The van der Waals surface area contributed by atoms with E-state index in [1.807, 2.05) is 11.3 Å². The van der Waals surface area contributed by atoms with E-state index >= 15 is 0 Å². The number of anilines is 3. The third-order valence-electron chi connectivity index (χ3n) is 14.4. The summed E-state index contributed by atoms with van der Waals surface area (Å²) in [4.78, 5) is 2.51. The molecular weight excluding hydrogens is 803 g/mol. The lowest BCUT2D eigenvalue weighted by Crippen LogP contribution is -2.28. The van der Waals surface area contributed by atoms with Crippen LogP contribution in [0.15, 0.2) is 243 Å². The fourth-order valence-corrected chi connectivity index (χ4v) is 12.7. The van der Waals surface area contributed by atoms with Crippen molar-refractivity contribution < 1.29 is 0 Å². The second-order valence-corrected chi connectivity index (χ2v) is 18.8. The van der Waals surface area contributed by atoms with Gasteiger partial charge in [-0.3, -0.25) is 0 Å². The van der Waals surface area contributed by atoms with E-state index in [1.165, 1.54) is 92.5 Å². The normalized spacial score (nSPS) is 15.3. The number of nitrogens with zero attached hydrogens (tertiary/aromatic N) is 1. The van der Waals surface area contributed by atoms with Crippen molar-refractivity contribution in [2.45, 2.75) is 17.8 Å². The van der Waals surface area contributed by atoms with Crippen molar-refractivity contribution in [2.24, 2.45) is 0 Å². The molecule has 0 aliphatic heterocycles. The molecule has 0 fully saturated rings. The van der Waals surface area contributed by atoms with Crippen LogP contribution in [-0.2, 0) is 10.8 Å². The first-order chi connectivity index (χ1) is 32.1. The molecule has 2 aliphatic carbocycles. The molecule has 2 heteroatoms. The van der Waals surface area contributed by atoms with Crippen LogP contribution in [0.2, 0.25) is 0 Å². The molecule has 1 unspecified atom stereocenters. The zero-order valence-corrected chi connectivity index (χ0v) is 36.8. The summed E-state index contributed by atoms with van der Waals surface area (Å²) in [7, 11) is 0. The molecule has 1 atom stereocenters. The minimum absolute atomic E-state index is 0.346. The molecule has 1 aromatic heterocycles. The lowest BCUT2D eigenvalue weighted by atomic mass is 9.67. The average molecular weight is 846 g/mol. The van der Waals surface area contributed by atoms with E-state index in [0.29, 0.717) is 0 Å². The molecule has 0 saturated heterocycles. The van der Waals surface area contributed by atoms with Crippen LogP contribution >= 0.6 is 11.3 Å². The standard InChI is InChI=1S/C63H43NS/c1-62(43-20-5-2-6-21-43)55-31-14-11-27-50(55)52-37-35-47(40-57(52)62)64(46-26-17-19-42(39-46)49-30-18-34-60-61(49)54-29-13-16-33-59(54)65-60)48-36-38-53-51-28-12-15-32-56(51)63(58(53)41-48,44-22-7-3-8-23-44)45-24-9-4-10-25-45/h2-41H,1H3. The average Bonchev–Trinajstić information content (AvgIpc) is 3.99. The fourth-order valence-electron chi connectivity index (χ4n) is 11.5. The van der Waals surface area contributed by atoms with Crippen molar-refractivity contribution in [3.63, 3.8) is 0 Å². The maximum atomic E-state index is 2.51. The predicted molar refractivity (Wildman–Crippen MR) is 274 cm³/mol. The van der Waals surface area contributed by atoms with E-state index in [2.05, 4.69) is 254 Å². The van der Waals surface area contributed by atoms with Gasteiger partial charge >= 0.3 is 0 Å². The highest BCUT2D eigenvalue weighted by Crippen LogP contribution is 2.58. The van der Waals surface area contributed by atoms with Gasteiger partial charge < -0.3 is 4.90 Å². The van der Waals surface area contributed by atoms with Gasteiger partial charge in [0.25, 0.3) is 0 Å². The Bertz CT molecular complexity index is 3580. The Labute approximate surface area is 384 Å². The van der Waals surface area contributed by atoms with Gasteiger partial charge in [-0.15, -0.1) is 11.3 Å². The summed E-state index contributed by atoms with van der Waals surface area (Å²) in [6, 6.07) is 90.5. The molecule has 1 nitrogen and oxygen atoms in total. The predicted octanol–water partition coefficient (Wildman–Crippen LogP) is 16.9. The molecular formula is C63H43NS. The molecule has 0 radical (unpaired) electrons. The molecule has 0 N–H and O–H groups in total. The number of thiophene rings is 1. The zero-order chi connectivity index (χ0) is 43.1. The van der Waals surface area contributed by atoms with Crippen LogP contribution in [0.3, 0.4) is 0 Å². The minimum atomic E-state index is -0.529. The Balaban J connectivity index is 1.08. The molecule has 1 heterocycles. The Hall–Kier alpha value is -7.78. The Morgan fingerprint density at radius 2 is 0.831 bits per heavy atom. The minimum Gasteiger partial charge on any atom is -0.310 e. The number of rotatable bonds is 7. The second-order valence-electron chi connectivity index (χ2n) is 17.7. The summed E-state index contributed by atoms with van der Waals surface area (Å²) in [5.74, 6) is 0. The van der Waals surface area contributed by atoms with Crippen LogP contribution < -0.4 is 4.90 Å².